The van der Waals surface area contributed by atoms with Crippen molar-refractivity contribution in [2.45, 2.75) is 105 Å². The molecule has 8 nitrogen and oxygen atoms in total. The monoisotopic (exact) mass is 675 g/mol. The third kappa shape index (κ3) is 3.74. The summed E-state index contributed by atoms with van der Waals surface area (Å²) in [5, 5.41) is 26.8. The molecule has 3 aromatic rings. The second-order valence-electron chi connectivity index (χ2n) is 17.5. The lowest BCUT2D eigenvalue weighted by Gasteiger charge is -2.64. The Bertz CT molecular complexity index is 1960. The van der Waals surface area contributed by atoms with Crippen LogP contribution in [0.25, 0.3) is 0 Å². The van der Waals surface area contributed by atoms with E-state index in [0.717, 1.165) is 90.8 Å². The summed E-state index contributed by atoms with van der Waals surface area (Å²) in [6.07, 6.45) is 9.64. The number of carbonyl (C=O) groups is 1. The Balaban J connectivity index is 1.08. The number of methoxy groups -OCH3 is 2. The van der Waals surface area contributed by atoms with E-state index in [1.807, 2.05) is 12.1 Å². The van der Waals surface area contributed by atoms with Crippen LogP contribution in [0.3, 0.4) is 0 Å². The molecule has 3 N–H and O–H groups in total. The zero-order valence-electron chi connectivity index (χ0n) is 29.4. The summed E-state index contributed by atoms with van der Waals surface area (Å²) in [6.45, 7) is 3.82. The predicted octanol–water partition coefficient (Wildman–Crippen LogP) is 4.29. The van der Waals surface area contributed by atoms with Gasteiger partial charge in [-0.2, -0.15) is 0 Å². The standard InChI is InChI=1S/C42H49N3O5/c1-49-28-9-7-26-15-35-41(47)19-30-31-20-42(48)36-16-27-8-10-29(50-2)18-33(27)40(42,12-14-45(36)23-25-5-6-25)38(46)37(31)43-34(30)21-39(41,32(26)17-28)11-13-44(35)22-24-3-4-24/h7-10,17-18,24-25,35-36,43,47-48H,3-6,11-16,19-23H2,1-2H3/t35-,36-,39-,40+,41-,42-/m1/s1. The van der Waals surface area contributed by atoms with E-state index in [0.29, 0.717) is 37.3 Å². The average molecular weight is 676 g/mol. The van der Waals surface area contributed by atoms with Gasteiger partial charge in [-0.15, -0.1) is 0 Å². The third-order valence-electron chi connectivity index (χ3n) is 15.3. The van der Waals surface area contributed by atoms with Gasteiger partial charge < -0.3 is 24.7 Å². The lowest BCUT2D eigenvalue weighted by atomic mass is 9.47. The van der Waals surface area contributed by atoms with Gasteiger partial charge in [0.2, 0.25) is 0 Å². The fourth-order valence-corrected chi connectivity index (χ4v) is 12.4. The number of piperidine rings is 2. The number of carbonyl (C=O) groups excluding carboxylic acids is 1. The molecule has 2 saturated carbocycles. The van der Waals surface area contributed by atoms with Crippen molar-refractivity contribution in [1.29, 1.82) is 0 Å². The quantitative estimate of drug-likeness (QED) is 0.359. The molecular formula is C42H49N3O5. The van der Waals surface area contributed by atoms with Gasteiger partial charge in [0.15, 0.2) is 5.78 Å². The van der Waals surface area contributed by atoms with E-state index in [-0.39, 0.29) is 17.9 Å². The van der Waals surface area contributed by atoms with Crippen molar-refractivity contribution in [3.8, 4) is 11.5 Å². The number of hydrogen-bond acceptors (Lipinski definition) is 7. The lowest BCUT2D eigenvalue weighted by molar-refractivity contribution is -0.152. The Hall–Kier alpha value is -3.17. The maximum atomic E-state index is 15.5. The molecule has 0 radical (unpaired) electrons. The molecule has 3 heterocycles. The molecule has 1 aromatic heterocycles. The third-order valence-corrected chi connectivity index (χ3v) is 15.3. The molecule has 0 spiro atoms. The highest BCUT2D eigenvalue weighted by atomic mass is 16.5. The number of H-pyrrole nitrogens is 1. The number of nitrogens with zero attached hydrogens (tertiary/aromatic N) is 2. The lowest BCUT2D eigenvalue weighted by Crippen LogP contribution is -2.76. The summed E-state index contributed by atoms with van der Waals surface area (Å²) in [7, 11) is 3.40. The fourth-order valence-electron chi connectivity index (χ4n) is 12.4. The van der Waals surface area contributed by atoms with Crippen LogP contribution in [0.5, 0.6) is 11.5 Å². The molecule has 2 saturated heterocycles. The van der Waals surface area contributed by atoms with Gasteiger partial charge in [0, 0.05) is 55.5 Å². The van der Waals surface area contributed by atoms with Crippen molar-refractivity contribution in [3.63, 3.8) is 0 Å². The number of aromatic nitrogens is 1. The summed E-state index contributed by atoms with van der Waals surface area (Å²) in [5.74, 6) is 3.00. The van der Waals surface area contributed by atoms with Crippen LogP contribution in [-0.2, 0) is 42.9 Å². The minimum absolute atomic E-state index is 0.00704. The van der Waals surface area contributed by atoms with Gasteiger partial charge in [-0.05, 0) is 134 Å². The molecule has 0 amide bonds. The van der Waals surface area contributed by atoms with Gasteiger partial charge in [-0.1, -0.05) is 12.1 Å². The summed E-state index contributed by atoms with van der Waals surface area (Å²) < 4.78 is 11.5. The van der Waals surface area contributed by atoms with Crippen LogP contribution in [-0.4, -0.2) is 94.5 Å². The molecule has 2 aliphatic heterocycles. The number of rotatable bonds is 6. The normalized spacial score (nSPS) is 36.8. The van der Waals surface area contributed by atoms with Gasteiger partial charge in [-0.3, -0.25) is 14.6 Å². The molecule has 8 aliphatic rings. The molecule has 50 heavy (non-hydrogen) atoms. The maximum absolute atomic E-state index is 15.5. The molecule has 4 fully saturated rings. The summed E-state index contributed by atoms with van der Waals surface area (Å²) in [5.41, 5.74) is 4.64. The van der Waals surface area contributed by atoms with Crippen molar-refractivity contribution >= 4 is 5.78 Å². The van der Waals surface area contributed by atoms with Gasteiger partial charge in [-0.25, -0.2) is 0 Å². The van der Waals surface area contributed by atoms with E-state index in [1.165, 1.54) is 36.8 Å². The first kappa shape index (κ1) is 30.5. The van der Waals surface area contributed by atoms with Crippen molar-refractivity contribution in [2.24, 2.45) is 11.8 Å². The number of ether oxygens (including phenoxy) is 2. The molecule has 0 unspecified atom stereocenters. The van der Waals surface area contributed by atoms with Crippen molar-refractivity contribution in [1.82, 2.24) is 14.8 Å². The van der Waals surface area contributed by atoms with Crippen LogP contribution in [0.2, 0.25) is 0 Å². The molecule has 262 valence electrons. The van der Waals surface area contributed by atoms with E-state index >= 15 is 4.79 Å². The minimum atomic E-state index is -1.25. The van der Waals surface area contributed by atoms with E-state index in [1.54, 1.807) is 14.2 Å². The van der Waals surface area contributed by atoms with E-state index in [4.69, 9.17) is 9.47 Å². The van der Waals surface area contributed by atoms with Gasteiger partial charge >= 0.3 is 0 Å². The van der Waals surface area contributed by atoms with Crippen LogP contribution in [0.4, 0.5) is 0 Å². The van der Waals surface area contributed by atoms with Crippen LogP contribution in [0.15, 0.2) is 36.4 Å². The molecule has 2 aromatic carbocycles. The molecule has 6 aliphatic carbocycles. The Morgan fingerprint density at radius 2 is 1.34 bits per heavy atom. The molecule has 8 heteroatoms. The Labute approximate surface area is 294 Å². The Kier molecular flexibility index (Phi) is 6.11. The number of hydrogen-bond donors (Lipinski definition) is 3. The second kappa shape index (κ2) is 10.0. The summed E-state index contributed by atoms with van der Waals surface area (Å²) in [4.78, 5) is 24.3. The number of ketones is 1. The molecular weight excluding hydrogens is 626 g/mol. The zero-order valence-corrected chi connectivity index (χ0v) is 29.4. The van der Waals surface area contributed by atoms with Crippen molar-refractivity contribution in [2.75, 3.05) is 40.4 Å². The predicted molar refractivity (Wildman–Crippen MR) is 188 cm³/mol. The zero-order chi connectivity index (χ0) is 33.8. The van der Waals surface area contributed by atoms with Crippen LogP contribution >= 0.6 is 0 Å². The number of aliphatic hydroxyl groups is 2. The van der Waals surface area contributed by atoms with E-state index in [9.17, 15) is 10.2 Å². The molecule has 4 bridgehead atoms. The number of nitrogens with one attached hydrogen (secondary N) is 1. The number of Topliss-reactive ketones (excluding diaryl/α,β-unsaturated/α-hetero) is 1. The van der Waals surface area contributed by atoms with E-state index in [2.05, 4.69) is 39.0 Å². The van der Waals surface area contributed by atoms with Gasteiger partial charge in [0.05, 0.1) is 30.9 Å². The largest absolute Gasteiger partial charge is 0.497 e. The van der Waals surface area contributed by atoms with E-state index < -0.39 is 22.0 Å². The fraction of sp³-hybridized carbons (Fsp3) is 0.595. The number of likely N-dealkylation sites (tertiary alicyclic amines) is 2. The van der Waals surface area contributed by atoms with Gasteiger partial charge in [0.25, 0.3) is 0 Å². The number of benzene rings is 2. The van der Waals surface area contributed by atoms with Crippen molar-refractivity contribution in [3.05, 3.63) is 81.2 Å². The van der Waals surface area contributed by atoms with Crippen molar-refractivity contribution < 1.29 is 24.5 Å². The first-order valence-corrected chi connectivity index (χ1v) is 19.3. The maximum Gasteiger partial charge on any atom is 0.192 e. The topological polar surface area (TPSA) is 98.3 Å². The number of aromatic amines is 1. The highest BCUT2D eigenvalue weighted by molar-refractivity contribution is 6.07. The first-order valence-electron chi connectivity index (χ1n) is 19.3. The summed E-state index contributed by atoms with van der Waals surface area (Å²) in [6, 6.07) is 12.5. The number of fused-ring (bicyclic) bond motifs is 5. The first-order chi connectivity index (χ1) is 24.2. The van der Waals surface area contributed by atoms with Crippen LogP contribution in [0.1, 0.15) is 88.1 Å². The SMILES string of the molecule is COc1ccc2c(c1)[C@]13CCN(CC4CC4)[C@H](C2)[C@]1(O)Cc1c([nH]c2c1C[C@@]1(O)[C@H]4Cc5ccc(OC)cc5[C@@]1(CCN4CC1CC1)C2=O)C3. The van der Waals surface area contributed by atoms with Gasteiger partial charge in [0.1, 0.15) is 17.1 Å². The Morgan fingerprint density at radius 3 is 1.98 bits per heavy atom. The summed E-state index contributed by atoms with van der Waals surface area (Å²) >= 11 is 0. The minimum Gasteiger partial charge on any atom is -0.497 e. The smallest absolute Gasteiger partial charge is 0.192 e. The highest BCUT2D eigenvalue weighted by Crippen LogP contribution is 2.62. The molecule has 6 atom stereocenters. The second-order valence-corrected chi connectivity index (χ2v) is 17.5. The Morgan fingerprint density at radius 1 is 0.760 bits per heavy atom. The molecule has 11 rings (SSSR count). The average Bonchev–Trinajstić information content (AvgIpc) is 4.05. The van der Waals surface area contributed by atoms with Crippen LogP contribution in [0, 0.1) is 11.8 Å². The highest BCUT2D eigenvalue weighted by Gasteiger charge is 2.71. The van der Waals surface area contributed by atoms with Crippen LogP contribution < -0.4 is 9.47 Å².